The van der Waals surface area contributed by atoms with Crippen molar-refractivity contribution >= 4 is 27.8 Å². The Bertz CT molecular complexity index is 1330. The topological polar surface area (TPSA) is 86.4 Å². The van der Waals surface area contributed by atoms with Gasteiger partial charge in [-0.25, -0.2) is 9.97 Å². The summed E-state index contributed by atoms with van der Waals surface area (Å²) in [4.78, 5) is 20.1. The van der Waals surface area contributed by atoms with Gasteiger partial charge in [-0.2, -0.15) is 5.10 Å². The lowest BCUT2D eigenvalue weighted by atomic mass is 10.1. The highest BCUT2D eigenvalue weighted by Crippen LogP contribution is 2.31. The molecule has 148 valence electrons. The minimum atomic E-state index is 0.726. The molecule has 0 unspecified atom stereocenters. The lowest BCUT2D eigenvalue weighted by Crippen LogP contribution is -2.29. The molecule has 0 saturated carbocycles. The van der Waals surface area contributed by atoms with Crippen molar-refractivity contribution in [3.05, 3.63) is 54.7 Å². The molecule has 7 nitrogen and oxygen atoms in total. The molecule has 0 spiro atoms. The van der Waals surface area contributed by atoms with Crippen LogP contribution in [-0.2, 0) is 0 Å². The number of aromatic nitrogens is 6. The van der Waals surface area contributed by atoms with E-state index in [1.54, 1.807) is 6.20 Å². The fraction of sp³-hybridized carbons (Fsp3) is 0.217. The highest BCUT2D eigenvalue weighted by atomic mass is 15.2. The van der Waals surface area contributed by atoms with Gasteiger partial charge in [-0.3, -0.25) is 10.1 Å². The van der Waals surface area contributed by atoms with Crippen LogP contribution in [0.5, 0.6) is 0 Å². The van der Waals surface area contributed by atoms with Crippen LogP contribution in [0.3, 0.4) is 0 Å². The van der Waals surface area contributed by atoms with Crippen LogP contribution in [0.1, 0.15) is 19.3 Å². The van der Waals surface area contributed by atoms with Crippen LogP contribution in [0.4, 0.5) is 5.69 Å². The molecule has 7 heteroatoms. The van der Waals surface area contributed by atoms with Gasteiger partial charge in [-0.15, -0.1) is 0 Å². The zero-order valence-corrected chi connectivity index (χ0v) is 16.5. The summed E-state index contributed by atoms with van der Waals surface area (Å²) in [5.74, 6) is 0.728. The van der Waals surface area contributed by atoms with Gasteiger partial charge < -0.3 is 9.88 Å². The van der Waals surface area contributed by atoms with Gasteiger partial charge in [0.1, 0.15) is 11.0 Å². The Hall–Kier alpha value is -3.74. The van der Waals surface area contributed by atoms with Gasteiger partial charge in [0.05, 0.1) is 28.1 Å². The second kappa shape index (κ2) is 6.95. The fourth-order valence-electron chi connectivity index (χ4n) is 4.24. The van der Waals surface area contributed by atoms with E-state index in [9.17, 15) is 0 Å². The van der Waals surface area contributed by atoms with E-state index in [1.165, 1.54) is 24.9 Å². The van der Waals surface area contributed by atoms with E-state index < -0.39 is 0 Å². The maximum absolute atomic E-state index is 4.95. The van der Waals surface area contributed by atoms with E-state index in [1.807, 2.05) is 30.3 Å². The molecule has 5 aromatic rings. The Labute approximate surface area is 173 Å². The third-order valence-electron chi connectivity index (χ3n) is 5.75. The highest BCUT2D eigenvalue weighted by molar-refractivity contribution is 5.94. The molecule has 0 amide bonds. The molecule has 4 aromatic heterocycles. The predicted molar refractivity (Wildman–Crippen MR) is 118 cm³/mol. The first kappa shape index (κ1) is 17.1. The summed E-state index contributed by atoms with van der Waals surface area (Å²) in [6, 6.07) is 16.1. The largest absolute Gasteiger partial charge is 0.370 e. The Morgan fingerprint density at radius 2 is 1.70 bits per heavy atom. The third kappa shape index (κ3) is 2.82. The molecule has 5 heterocycles. The summed E-state index contributed by atoms with van der Waals surface area (Å²) in [6.07, 6.45) is 5.55. The van der Waals surface area contributed by atoms with Crippen LogP contribution in [0, 0.1) is 0 Å². The highest BCUT2D eigenvalue weighted by Gasteiger charge is 2.19. The number of anilines is 1. The average molecular weight is 395 g/mol. The van der Waals surface area contributed by atoms with Crippen molar-refractivity contribution in [1.82, 2.24) is 30.1 Å². The number of hydrogen-bond acceptors (Lipinski definition) is 5. The Balaban J connectivity index is 1.47. The zero-order chi connectivity index (χ0) is 19.9. The molecular formula is C23H21N7. The van der Waals surface area contributed by atoms with Crippen molar-refractivity contribution in [2.24, 2.45) is 0 Å². The van der Waals surface area contributed by atoms with Gasteiger partial charge in [0.15, 0.2) is 11.5 Å². The number of aromatic amines is 2. The monoisotopic (exact) mass is 395 g/mol. The summed E-state index contributed by atoms with van der Waals surface area (Å²) in [5.41, 5.74) is 7.24. The summed E-state index contributed by atoms with van der Waals surface area (Å²) in [5, 5.41) is 7.61. The SMILES string of the molecule is c1ccc(-c2ccc3[nH]nc(-c4nc5c(N6CCCCC6)cccc5[nH]4)c3n2)nc1. The molecule has 1 saturated heterocycles. The number of H-pyrrole nitrogens is 2. The first-order valence-electron chi connectivity index (χ1n) is 10.4. The number of benzene rings is 1. The normalized spacial score (nSPS) is 14.6. The van der Waals surface area contributed by atoms with Crippen LogP contribution < -0.4 is 4.90 Å². The summed E-state index contributed by atoms with van der Waals surface area (Å²) < 4.78 is 0. The lowest BCUT2D eigenvalue weighted by Gasteiger charge is -2.28. The Kier molecular flexibility index (Phi) is 3.97. The molecule has 2 N–H and O–H groups in total. The Morgan fingerprint density at radius 1 is 0.767 bits per heavy atom. The smallest absolute Gasteiger partial charge is 0.161 e. The predicted octanol–water partition coefficient (Wildman–Crippen LogP) is 4.55. The van der Waals surface area contributed by atoms with E-state index >= 15 is 0 Å². The van der Waals surface area contributed by atoms with E-state index in [0.29, 0.717) is 0 Å². The second-order valence-electron chi connectivity index (χ2n) is 7.69. The summed E-state index contributed by atoms with van der Waals surface area (Å²) in [7, 11) is 0. The van der Waals surface area contributed by atoms with Gasteiger partial charge in [-0.05, 0) is 55.7 Å². The molecule has 1 fully saturated rings. The number of rotatable bonds is 3. The van der Waals surface area contributed by atoms with Gasteiger partial charge >= 0.3 is 0 Å². The standard InChI is InChI=1S/C23H21N7/c1-4-13-30(14-5-1)19-9-6-8-17-20(19)27-23(26-17)22-21-18(28-29-22)11-10-16(25-21)15-7-2-3-12-24-15/h2-3,6-12H,1,4-5,13-14H2,(H,26,27)(H,28,29). The van der Waals surface area contributed by atoms with E-state index in [-0.39, 0.29) is 0 Å². The maximum atomic E-state index is 4.95. The fourth-order valence-corrected chi connectivity index (χ4v) is 4.24. The van der Waals surface area contributed by atoms with Crippen molar-refractivity contribution in [2.45, 2.75) is 19.3 Å². The van der Waals surface area contributed by atoms with Crippen LogP contribution in [0.25, 0.3) is 45.0 Å². The lowest BCUT2D eigenvalue weighted by molar-refractivity contribution is 0.579. The number of pyridine rings is 2. The maximum Gasteiger partial charge on any atom is 0.161 e. The van der Waals surface area contributed by atoms with Crippen molar-refractivity contribution in [3.63, 3.8) is 0 Å². The first-order valence-corrected chi connectivity index (χ1v) is 10.4. The number of imidazole rings is 1. The third-order valence-corrected chi connectivity index (χ3v) is 5.75. The van der Waals surface area contributed by atoms with E-state index in [2.05, 4.69) is 43.3 Å². The summed E-state index contributed by atoms with van der Waals surface area (Å²) >= 11 is 0. The van der Waals surface area contributed by atoms with Gasteiger partial charge in [-0.1, -0.05) is 12.1 Å². The number of hydrogen-bond donors (Lipinski definition) is 2. The number of nitrogens with zero attached hydrogens (tertiary/aromatic N) is 5. The molecule has 0 bridgehead atoms. The molecule has 0 radical (unpaired) electrons. The van der Waals surface area contributed by atoms with Crippen LogP contribution in [0.2, 0.25) is 0 Å². The zero-order valence-electron chi connectivity index (χ0n) is 16.5. The van der Waals surface area contributed by atoms with Crippen LogP contribution in [0.15, 0.2) is 54.7 Å². The second-order valence-corrected chi connectivity index (χ2v) is 7.69. The van der Waals surface area contributed by atoms with E-state index in [0.717, 1.165) is 58.1 Å². The van der Waals surface area contributed by atoms with Crippen LogP contribution >= 0.6 is 0 Å². The van der Waals surface area contributed by atoms with Crippen molar-refractivity contribution < 1.29 is 0 Å². The number of fused-ring (bicyclic) bond motifs is 2. The molecule has 6 rings (SSSR count). The molecular weight excluding hydrogens is 374 g/mol. The molecule has 1 aliphatic heterocycles. The molecule has 0 aliphatic carbocycles. The minimum absolute atomic E-state index is 0.726. The molecule has 1 aromatic carbocycles. The van der Waals surface area contributed by atoms with E-state index in [4.69, 9.17) is 9.97 Å². The Morgan fingerprint density at radius 3 is 2.57 bits per heavy atom. The van der Waals surface area contributed by atoms with Gasteiger partial charge in [0.25, 0.3) is 0 Å². The quantitative estimate of drug-likeness (QED) is 0.468. The molecule has 1 aliphatic rings. The van der Waals surface area contributed by atoms with Crippen molar-refractivity contribution in [2.75, 3.05) is 18.0 Å². The first-order chi connectivity index (χ1) is 14.9. The summed E-state index contributed by atoms with van der Waals surface area (Å²) in [6.45, 7) is 2.17. The molecule has 0 atom stereocenters. The van der Waals surface area contributed by atoms with Crippen LogP contribution in [-0.4, -0.2) is 43.2 Å². The number of nitrogens with one attached hydrogen (secondary N) is 2. The van der Waals surface area contributed by atoms with Crippen molar-refractivity contribution in [1.29, 1.82) is 0 Å². The van der Waals surface area contributed by atoms with Gasteiger partial charge in [0, 0.05) is 19.3 Å². The molecule has 30 heavy (non-hydrogen) atoms. The van der Waals surface area contributed by atoms with Gasteiger partial charge in [0.2, 0.25) is 0 Å². The minimum Gasteiger partial charge on any atom is -0.370 e. The number of piperidine rings is 1. The average Bonchev–Trinajstić information content (AvgIpc) is 3.43. The van der Waals surface area contributed by atoms with Crippen molar-refractivity contribution in [3.8, 4) is 22.9 Å². The number of para-hydroxylation sites is 1.